The third-order valence-electron chi connectivity index (χ3n) is 2.48. The summed E-state index contributed by atoms with van der Waals surface area (Å²) in [5.41, 5.74) is 1.18. The Hall–Kier alpha value is -1.66. The van der Waals surface area contributed by atoms with Crippen molar-refractivity contribution < 1.29 is 12.8 Å². The summed E-state index contributed by atoms with van der Waals surface area (Å²) < 4.78 is 27.4. The van der Waals surface area contributed by atoms with Gasteiger partial charge in [-0.25, -0.2) is 18.4 Å². The van der Waals surface area contributed by atoms with Crippen LogP contribution in [-0.2, 0) is 10.0 Å². The van der Waals surface area contributed by atoms with E-state index in [4.69, 9.17) is 9.56 Å². The van der Waals surface area contributed by atoms with Gasteiger partial charge in [0.05, 0.1) is 0 Å². The van der Waals surface area contributed by atoms with E-state index >= 15 is 0 Å². The van der Waals surface area contributed by atoms with Crippen LogP contribution in [-0.4, -0.2) is 8.42 Å². The maximum absolute atomic E-state index is 11.5. The molecule has 0 spiro atoms. The minimum absolute atomic E-state index is 0.361. The lowest BCUT2D eigenvalue weighted by atomic mass is 10.1. The van der Waals surface area contributed by atoms with E-state index in [2.05, 4.69) is 0 Å². The molecule has 0 saturated heterocycles. The van der Waals surface area contributed by atoms with Gasteiger partial charge in [0.1, 0.15) is 5.58 Å². The van der Waals surface area contributed by atoms with E-state index in [0.717, 1.165) is 11.1 Å². The molecule has 0 bridgehead atoms. The normalized spacial score (nSPS) is 11.9. The molecule has 1 heterocycles. The van der Waals surface area contributed by atoms with Crippen LogP contribution >= 0.6 is 0 Å². The monoisotopic (exact) mass is 253 g/mol. The number of primary sulfonamides is 1. The summed E-state index contributed by atoms with van der Waals surface area (Å²) in [5.74, 6) is 0. The number of hydrogen-bond acceptors (Lipinski definition) is 4. The van der Waals surface area contributed by atoms with Gasteiger partial charge >= 0.3 is 5.63 Å². The zero-order chi connectivity index (χ0) is 12.8. The summed E-state index contributed by atoms with van der Waals surface area (Å²) in [7, 11) is -4.06. The van der Waals surface area contributed by atoms with Gasteiger partial charge in [0.2, 0.25) is 10.0 Å². The number of benzene rings is 1. The van der Waals surface area contributed by atoms with Gasteiger partial charge in [0.15, 0.2) is 4.90 Å². The molecule has 0 fully saturated rings. The van der Waals surface area contributed by atoms with Crippen LogP contribution in [0.4, 0.5) is 0 Å². The average molecular weight is 253 g/mol. The molecule has 0 unspecified atom stereocenters. The number of nitrogens with two attached hydrogens (primary N) is 1. The second kappa shape index (κ2) is 3.68. The van der Waals surface area contributed by atoms with Crippen molar-refractivity contribution in [2.75, 3.05) is 0 Å². The summed E-state index contributed by atoms with van der Waals surface area (Å²) in [6.45, 7) is 3.67. The van der Waals surface area contributed by atoms with E-state index in [9.17, 15) is 13.2 Å². The highest BCUT2D eigenvalue weighted by Crippen LogP contribution is 2.21. The number of fused-ring (bicyclic) bond motifs is 1. The van der Waals surface area contributed by atoms with Crippen molar-refractivity contribution in [3.8, 4) is 0 Å². The van der Waals surface area contributed by atoms with E-state index in [1.54, 1.807) is 6.07 Å². The zero-order valence-corrected chi connectivity index (χ0v) is 10.2. The SMILES string of the molecule is Cc1cc(C)c2cc(S(N)(=O)=O)c(=O)oc2c1. The Kier molecular flexibility index (Phi) is 2.56. The Morgan fingerprint density at radius 1 is 1.18 bits per heavy atom. The number of aryl methyl sites for hydroxylation is 2. The Balaban J connectivity index is 2.96. The summed E-state index contributed by atoms with van der Waals surface area (Å²) in [5, 5.41) is 5.51. The Morgan fingerprint density at radius 3 is 2.41 bits per heavy atom. The van der Waals surface area contributed by atoms with Crippen LogP contribution in [0.1, 0.15) is 11.1 Å². The van der Waals surface area contributed by atoms with Crippen LogP contribution in [0.15, 0.2) is 32.3 Å². The summed E-state index contributed by atoms with van der Waals surface area (Å²) in [6.07, 6.45) is 0. The Morgan fingerprint density at radius 2 is 1.82 bits per heavy atom. The first kappa shape index (κ1) is 11.8. The molecule has 0 aliphatic heterocycles. The molecule has 0 aliphatic carbocycles. The van der Waals surface area contributed by atoms with Gasteiger partial charge in [-0.1, -0.05) is 6.07 Å². The molecule has 1 aromatic heterocycles. The lowest BCUT2D eigenvalue weighted by Gasteiger charge is -2.04. The molecule has 0 atom stereocenters. The Bertz CT molecular complexity index is 759. The van der Waals surface area contributed by atoms with Gasteiger partial charge in [-0.05, 0) is 37.1 Å². The first-order valence-corrected chi connectivity index (χ1v) is 6.41. The molecule has 6 heteroatoms. The molecule has 0 saturated carbocycles. The van der Waals surface area contributed by atoms with Gasteiger partial charge in [-0.15, -0.1) is 0 Å². The van der Waals surface area contributed by atoms with Crippen molar-refractivity contribution in [2.45, 2.75) is 18.7 Å². The average Bonchev–Trinajstić information content (AvgIpc) is 2.13. The molecular weight excluding hydrogens is 242 g/mol. The largest absolute Gasteiger partial charge is 0.422 e. The lowest BCUT2D eigenvalue weighted by molar-refractivity contribution is 0.532. The molecule has 5 nitrogen and oxygen atoms in total. The second-order valence-electron chi connectivity index (χ2n) is 3.94. The van der Waals surface area contributed by atoms with Gasteiger partial charge in [0.25, 0.3) is 0 Å². The van der Waals surface area contributed by atoms with Crippen LogP contribution in [0.3, 0.4) is 0 Å². The molecule has 0 aliphatic rings. The topological polar surface area (TPSA) is 90.4 Å². The smallest absolute Gasteiger partial charge is 0.356 e. The molecule has 17 heavy (non-hydrogen) atoms. The van der Waals surface area contributed by atoms with E-state index < -0.39 is 20.5 Å². The molecule has 90 valence electrons. The molecule has 1 aromatic carbocycles. The maximum Gasteiger partial charge on any atom is 0.356 e. The predicted octanol–water partition coefficient (Wildman–Crippen LogP) is 1.06. The third-order valence-corrected chi connectivity index (χ3v) is 3.38. The maximum atomic E-state index is 11.5. The van der Waals surface area contributed by atoms with Crippen molar-refractivity contribution in [3.63, 3.8) is 0 Å². The van der Waals surface area contributed by atoms with Crippen LogP contribution in [0.5, 0.6) is 0 Å². The molecule has 2 rings (SSSR count). The predicted molar refractivity (Wildman–Crippen MR) is 63.3 cm³/mol. The van der Waals surface area contributed by atoms with Crippen molar-refractivity contribution in [2.24, 2.45) is 5.14 Å². The highest BCUT2D eigenvalue weighted by Gasteiger charge is 2.16. The fraction of sp³-hybridized carbons (Fsp3) is 0.182. The standard InChI is InChI=1S/C11H11NO4S/c1-6-3-7(2)8-5-10(17(12,14)15)11(13)16-9(8)4-6/h3-5H,1-2H3,(H2,12,14,15). The molecule has 0 radical (unpaired) electrons. The van der Waals surface area contributed by atoms with E-state index in [0.29, 0.717) is 11.0 Å². The van der Waals surface area contributed by atoms with Crippen LogP contribution in [0, 0.1) is 13.8 Å². The second-order valence-corrected chi connectivity index (χ2v) is 5.47. The van der Waals surface area contributed by atoms with Crippen molar-refractivity contribution >= 4 is 21.0 Å². The first-order valence-electron chi connectivity index (χ1n) is 4.87. The van der Waals surface area contributed by atoms with Crippen molar-refractivity contribution in [1.29, 1.82) is 0 Å². The van der Waals surface area contributed by atoms with Crippen molar-refractivity contribution in [1.82, 2.24) is 0 Å². The highest BCUT2D eigenvalue weighted by molar-refractivity contribution is 7.89. The number of sulfonamides is 1. The first-order chi connectivity index (χ1) is 7.79. The summed E-state index contributed by atoms with van der Waals surface area (Å²) in [4.78, 5) is 11.0. The molecule has 0 amide bonds. The van der Waals surface area contributed by atoms with Gasteiger partial charge in [-0.3, -0.25) is 0 Å². The summed E-state index contributed by atoms with van der Waals surface area (Å²) in [6, 6.07) is 4.80. The van der Waals surface area contributed by atoms with Crippen molar-refractivity contribution in [3.05, 3.63) is 39.7 Å². The fourth-order valence-corrected chi connectivity index (χ4v) is 2.30. The van der Waals surface area contributed by atoms with Gasteiger partial charge in [-0.2, -0.15) is 0 Å². The number of hydrogen-bond donors (Lipinski definition) is 1. The van der Waals surface area contributed by atoms with Crippen LogP contribution in [0.25, 0.3) is 11.0 Å². The number of rotatable bonds is 1. The van der Waals surface area contributed by atoms with Gasteiger partial charge < -0.3 is 4.42 Å². The Labute approximate surface area is 97.9 Å². The van der Waals surface area contributed by atoms with Crippen LogP contribution in [0.2, 0.25) is 0 Å². The quantitative estimate of drug-likeness (QED) is 0.769. The lowest BCUT2D eigenvalue weighted by Crippen LogP contribution is -2.20. The molecular formula is C11H11NO4S. The third kappa shape index (κ3) is 2.09. The van der Waals surface area contributed by atoms with Crippen LogP contribution < -0.4 is 10.8 Å². The van der Waals surface area contributed by atoms with E-state index in [1.807, 2.05) is 19.9 Å². The van der Waals surface area contributed by atoms with Gasteiger partial charge in [0, 0.05) is 5.39 Å². The summed E-state index contributed by atoms with van der Waals surface area (Å²) >= 11 is 0. The van der Waals surface area contributed by atoms with E-state index in [-0.39, 0.29) is 0 Å². The minimum atomic E-state index is -4.06. The zero-order valence-electron chi connectivity index (χ0n) is 9.35. The minimum Gasteiger partial charge on any atom is -0.422 e. The fourth-order valence-electron chi connectivity index (χ4n) is 1.75. The highest BCUT2D eigenvalue weighted by atomic mass is 32.2. The van der Waals surface area contributed by atoms with E-state index in [1.165, 1.54) is 6.07 Å². The molecule has 2 aromatic rings. The molecule has 2 N–H and O–H groups in total.